The van der Waals surface area contributed by atoms with E-state index in [0.717, 1.165) is 12.2 Å². The topological polar surface area (TPSA) is 69.6 Å². The van der Waals surface area contributed by atoms with Gasteiger partial charge >= 0.3 is 5.97 Å². The van der Waals surface area contributed by atoms with E-state index in [1.807, 2.05) is 23.1 Å². The molecule has 2 heterocycles. The number of carbonyl (C=O) groups is 2. The second kappa shape index (κ2) is 5.76. The van der Waals surface area contributed by atoms with Crippen LogP contribution >= 0.6 is 0 Å². The van der Waals surface area contributed by atoms with Crippen molar-refractivity contribution in [3.05, 3.63) is 29.8 Å². The average Bonchev–Trinajstić information content (AvgIpc) is 2.91. The molecule has 2 aliphatic heterocycles. The maximum atomic E-state index is 12.4. The lowest BCUT2D eigenvalue weighted by Crippen LogP contribution is -2.40. The number of likely N-dealkylation sites (tertiary alicyclic amines) is 1. The van der Waals surface area contributed by atoms with Crippen LogP contribution in [0.5, 0.6) is 0 Å². The zero-order chi connectivity index (χ0) is 14.8. The first-order valence-electron chi connectivity index (χ1n) is 7.48. The Labute approximate surface area is 123 Å². The monoisotopic (exact) mass is 288 g/mol. The fourth-order valence-corrected chi connectivity index (χ4v) is 3.25. The van der Waals surface area contributed by atoms with Crippen molar-refractivity contribution in [1.29, 1.82) is 0 Å². The molecule has 1 saturated heterocycles. The molecule has 112 valence electrons. The predicted octanol–water partition coefficient (Wildman–Crippen LogP) is 1.91. The minimum Gasteiger partial charge on any atom is -0.481 e. The van der Waals surface area contributed by atoms with E-state index in [1.54, 1.807) is 0 Å². The summed E-state index contributed by atoms with van der Waals surface area (Å²) in [5, 5.41) is 12.3. The summed E-state index contributed by atoms with van der Waals surface area (Å²) in [6.45, 7) is 1.94. The molecule has 0 bridgehead atoms. The molecular formula is C16H20N2O3. The van der Waals surface area contributed by atoms with Crippen molar-refractivity contribution in [2.45, 2.75) is 25.2 Å². The maximum Gasteiger partial charge on any atom is 0.306 e. The van der Waals surface area contributed by atoms with E-state index in [-0.39, 0.29) is 17.7 Å². The zero-order valence-electron chi connectivity index (χ0n) is 11.9. The molecular weight excluding hydrogens is 268 g/mol. The maximum absolute atomic E-state index is 12.4. The van der Waals surface area contributed by atoms with Gasteiger partial charge in [0.15, 0.2) is 0 Å². The van der Waals surface area contributed by atoms with Crippen molar-refractivity contribution >= 4 is 17.6 Å². The molecule has 1 fully saturated rings. The first kappa shape index (κ1) is 13.9. The Hall–Kier alpha value is -2.04. The second-order valence-electron chi connectivity index (χ2n) is 5.86. The summed E-state index contributed by atoms with van der Waals surface area (Å²) in [6, 6.07) is 8.11. The lowest BCUT2D eigenvalue weighted by atomic mass is 9.94. The Morgan fingerprint density at radius 3 is 2.67 bits per heavy atom. The molecule has 1 aromatic carbocycles. The summed E-state index contributed by atoms with van der Waals surface area (Å²) in [4.78, 5) is 25.1. The Balaban J connectivity index is 1.57. The number of benzene rings is 1. The molecule has 5 nitrogen and oxygen atoms in total. The zero-order valence-corrected chi connectivity index (χ0v) is 11.9. The third-order valence-corrected chi connectivity index (χ3v) is 4.56. The molecule has 0 radical (unpaired) electrons. The predicted molar refractivity (Wildman–Crippen MR) is 79.2 cm³/mol. The summed E-state index contributed by atoms with van der Waals surface area (Å²) < 4.78 is 0. The van der Waals surface area contributed by atoms with Crippen LogP contribution in [0.4, 0.5) is 5.69 Å². The van der Waals surface area contributed by atoms with Gasteiger partial charge in [0, 0.05) is 37.7 Å². The van der Waals surface area contributed by atoms with Crippen LogP contribution in [0.2, 0.25) is 0 Å². The lowest BCUT2D eigenvalue weighted by Gasteiger charge is -2.30. The molecule has 21 heavy (non-hydrogen) atoms. The molecule has 0 aliphatic carbocycles. The van der Waals surface area contributed by atoms with Crippen LogP contribution in [-0.2, 0) is 9.59 Å². The number of piperidine rings is 1. The number of nitrogens with zero attached hydrogens (tertiary/aromatic N) is 1. The highest BCUT2D eigenvalue weighted by molar-refractivity contribution is 5.79. The van der Waals surface area contributed by atoms with Crippen molar-refractivity contribution in [2.24, 2.45) is 5.92 Å². The van der Waals surface area contributed by atoms with Gasteiger partial charge in [-0.1, -0.05) is 18.2 Å². The molecule has 1 aromatic rings. The van der Waals surface area contributed by atoms with Gasteiger partial charge in [-0.25, -0.2) is 0 Å². The van der Waals surface area contributed by atoms with Crippen LogP contribution in [-0.4, -0.2) is 41.5 Å². The van der Waals surface area contributed by atoms with Gasteiger partial charge in [-0.15, -0.1) is 0 Å². The van der Waals surface area contributed by atoms with Gasteiger partial charge in [-0.2, -0.15) is 0 Å². The van der Waals surface area contributed by atoms with E-state index >= 15 is 0 Å². The van der Waals surface area contributed by atoms with E-state index in [9.17, 15) is 9.59 Å². The summed E-state index contributed by atoms with van der Waals surface area (Å²) in [6.07, 6.45) is 1.64. The number of carboxylic acids is 1. The van der Waals surface area contributed by atoms with E-state index < -0.39 is 5.97 Å². The van der Waals surface area contributed by atoms with Gasteiger partial charge in [0.05, 0.1) is 5.92 Å². The van der Waals surface area contributed by atoms with E-state index in [4.69, 9.17) is 5.11 Å². The molecule has 2 aliphatic rings. The summed E-state index contributed by atoms with van der Waals surface area (Å²) >= 11 is 0. The number of carboxylic acid groups (broad SMARTS) is 1. The minimum absolute atomic E-state index is 0.141. The highest BCUT2D eigenvalue weighted by Gasteiger charge is 2.30. The van der Waals surface area contributed by atoms with Gasteiger partial charge < -0.3 is 15.3 Å². The van der Waals surface area contributed by atoms with Crippen molar-refractivity contribution in [3.8, 4) is 0 Å². The summed E-state index contributed by atoms with van der Waals surface area (Å²) in [5.41, 5.74) is 2.34. The van der Waals surface area contributed by atoms with Crippen LogP contribution in [0.15, 0.2) is 24.3 Å². The number of para-hydroxylation sites is 1. The fraction of sp³-hybridized carbons (Fsp3) is 0.500. The SMILES string of the molecule is O=C(O)C1CCN(C(=O)CC2CNc3ccccc32)CC1. The number of nitrogens with one attached hydrogen (secondary N) is 1. The van der Waals surface area contributed by atoms with Crippen molar-refractivity contribution in [2.75, 3.05) is 25.0 Å². The smallest absolute Gasteiger partial charge is 0.306 e. The van der Waals surface area contributed by atoms with Gasteiger partial charge in [-0.05, 0) is 24.5 Å². The van der Waals surface area contributed by atoms with Crippen LogP contribution < -0.4 is 5.32 Å². The Morgan fingerprint density at radius 1 is 1.24 bits per heavy atom. The number of aliphatic carboxylic acids is 1. The van der Waals surface area contributed by atoms with Gasteiger partial charge in [0.1, 0.15) is 0 Å². The molecule has 1 unspecified atom stereocenters. The number of rotatable bonds is 3. The molecule has 2 N–H and O–H groups in total. The average molecular weight is 288 g/mol. The standard InChI is InChI=1S/C16H20N2O3/c19-15(18-7-5-11(6-8-18)16(20)21)9-12-10-17-14-4-2-1-3-13(12)14/h1-4,11-12,17H,5-10H2,(H,20,21). The van der Waals surface area contributed by atoms with Crippen LogP contribution in [0.1, 0.15) is 30.7 Å². The van der Waals surface area contributed by atoms with Crippen LogP contribution in [0.3, 0.4) is 0 Å². The largest absolute Gasteiger partial charge is 0.481 e. The molecule has 0 spiro atoms. The highest BCUT2D eigenvalue weighted by Crippen LogP contribution is 2.33. The Bertz CT molecular complexity index is 550. The van der Waals surface area contributed by atoms with Gasteiger partial charge in [0.25, 0.3) is 0 Å². The Kier molecular flexibility index (Phi) is 3.82. The number of hydrogen-bond donors (Lipinski definition) is 2. The lowest BCUT2D eigenvalue weighted by molar-refractivity contribution is -0.145. The molecule has 1 amide bonds. The minimum atomic E-state index is -0.740. The van der Waals surface area contributed by atoms with Crippen LogP contribution in [0.25, 0.3) is 0 Å². The molecule has 0 aromatic heterocycles. The summed E-state index contributed by atoms with van der Waals surface area (Å²) in [5.74, 6) is -0.660. The first-order valence-corrected chi connectivity index (χ1v) is 7.48. The van der Waals surface area contributed by atoms with Crippen molar-refractivity contribution in [3.63, 3.8) is 0 Å². The number of fused-ring (bicyclic) bond motifs is 1. The highest BCUT2D eigenvalue weighted by atomic mass is 16.4. The summed E-state index contributed by atoms with van der Waals surface area (Å²) in [7, 11) is 0. The van der Waals surface area contributed by atoms with Gasteiger partial charge in [0.2, 0.25) is 5.91 Å². The quantitative estimate of drug-likeness (QED) is 0.891. The Morgan fingerprint density at radius 2 is 1.95 bits per heavy atom. The molecule has 1 atom stereocenters. The molecule has 5 heteroatoms. The third kappa shape index (κ3) is 2.86. The van der Waals surface area contributed by atoms with Crippen molar-refractivity contribution in [1.82, 2.24) is 4.90 Å². The van der Waals surface area contributed by atoms with Crippen LogP contribution in [0, 0.1) is 5.92 Å². The number of carbonyl (C=O) groups excluding carboxylic acids is 1. The molecule has 3 rings (SSSR count). The molecule has 0 saturated carbocycles. The fourth-order valence-electron chi connectivity index (χ4n) is 3.25. The number of hydrogen-bond acceptors (Lipinski definition) is 3. The first-order chi connectivity index (χ1) is 10.1. The van der Waals surface area contributed by atoms with E-state index in [2.05, 4.69) is 11.4 Å². The number of anilines is 1. The normalized spacial score (nSPS) is 21.7. The number of amides is 1. The second-order valence-corrected chi connectivity index (χ2v) is 5.86. The van der Waals surface area contributed by atoms with E-state index in [0.29, 0.717) is 32.4 Å². The van der Waals surface area contributed by atoms with Gasteiger partial charge in [-0.3, -0.25) is 9.59 Å². The van der Waals surface area contributed by atoms with Crippen molar-refractivity contribution < 1.29 is 14.7 Å². The van der Waals surface area contributed by atoms with E-state index in [1.165, 1.54) is 5.56 Å². The third-order valence-electron chi connectivity index (χ3n) is 4.56.